The van der Waals surface area contributed by atoms with Crippen LogP contribution in [-0.2, 0) is 0 Å². The average Bonchev–Trinajstić information content (AvgIpc) is 2.80. The molecule has 0 saturated carbocycles. The molecule has 1 N–H and O–H groups in total. The molecule has 6 heteroatoms. The molecular formula is C15H16F3NOS. The molecule has 1 atom stereocenters. The monoisotopic (exact) mass is 315 g/mol. The van der Waals surface area contributed by atoms with Gasteiger partial charge < -0.3 is 10.1 Å². The number of benzene rings is 1. The summed E-state index contributed by atoms with van der Waals surface area (Å²) in [6.07, 6.45) is -4.68. The molecule has 0 spiro atoms. The highest BCUT2D eigenvalue weighted by atomic mass is 32.1. The number of hydrogen-bond acceptors (Lipinski definition) is 3. The molecule has 0 fully saturated rings. The van der Waals surface area contributed by atoms with Crippen molar-refractivity contribution in [2.45, 2.75) is 26.3 Å². The molecule has 0 radical (unpaired) electrons. The lowest BCUT2D eigenvalue weighted by Crippen LogP contribution is -2.22. The third kappa shape index (κ3) is 4.22. The molecule has 114 valence electrons. The summed E-state index contributed by atoms with van der Waals surface area (Å²) in [5, 5.41) is 5.28. The number of aryl methyl sites for hydroxylation is 1. The number of alkyl halides is 3. The van der Waals surface area contributed by atoms with Crippen molar-refractivity contribution >= 4 is 11.3 Å². The average molecular weight is 315 g/mol. The van der Waals surface area contributed by atoms with Crippen LogP contribution in [-0.4, -0.2) is 12.9 Å². The van der Waals surface area contributed by atoms with E-state index >= 15 is 0 Å². The first kappa shape index (κ1) is 15.9. The van der Waals surface area contributed by atoms with Crippen molar-refractivity contribution in [2.24, 2.45) is 0 Å². The minimum atomic E-state index is -4.68. The van der Waals surface area contributed by atoms with Gasteiger partial charge in [0, 0.05) is 4.88 Å². The van der Waals surface area contributed by atoms with Crippen molar-refractivity contribution in [3.8, 4) is 5.75 Å². The van der Waals surface area contributed by atoms with Gasteiger partial charge in [-0.3, -0.25) is 0 Å². The Morgan fingerprint density at radius 3 is 2.62 bits per heavy atom. The number of hydrogen-bond donors (Lipinski definition) is 1. The molecule has 0 aliphatic rings. The number of halogens is 3. The minimum absolute atomic E-state index is 0.133. The molecule has 1 aromatic carbocycles. The van der Waals surface area contributed by atoms with Gasteiger partial charge in [0.2, 0.25) is 0 Å². The first-order valence-electron chi connectivity index (χ1n) is 6.54. The fraction of sp³-hybridized carbons (Fsp3) is 0.333. The second-order valence-electron chi connectivity index (χ2n) is 4.58. The van der Waals surface area contributed by atoms with Gasteiger partial charge in [0.1, 0.15) is 5.75 Å². The molecule has 2 nitrogen and oxygen atoms in total. The van der Waals surface area contributed by atoms with Gasteiger partial charge in [0.05, 0.1) is 6.04 Å². The van der Waals surface area contributed by atoms with E-state index in [1.807, 2.05) is 25.3 Å². The molecule has 0 aliphatic carbocycles. The molecule has 21 heavy (non-hydrogen) atoms. The zero-order valence-electron chi connectivity index (χ0n) is 11.7. The highest BCUT2D eigenvalue weighted by molar-refractivity contribution is 7.10. The summed E-state index contributed by atoms with van der Waals surface area (Å²) in [5.41, 5.74) is 1.87. The van der Waals surface area contributed by atoms with Gasteiger partial charge in [0.15, 0.2) is 0 Å². The summed E-state index contributed by atoms with van der Waals surface area (Å²) in [6.45, 7) is 4.67. The van der Waals surface area contributed by atoms with Gasteiger partial charge in [-0.1, -0.05) is 19.1 Å². The van der Waals surface area contributed by atoms with E-state index < -0.39 is 6.36 Å². The normalized spacial score (nSPS) is 13.2. The highest BCUT2D eigenvalue weighted by Crippen LogP contribution is 2.32. The summed E-state index contributed by atoms with van der Waals surface area (Å²) >= 11 is 1.59. The van der Waals surface area contributed by atoms with Crippen LogP contribution < -0.4 is 10.1 Å². The topological polar surface area (TPSA) is 21.3 Å². The highest BCUT2D eigenvalue weighted by Gasteiger charge is 2.31. The van der Waals surface area contributed by atoms with Gasteiger partial charge in [-0.2, -0.15) is 0 Å². The predicted molar refractivity (Wildman–Crippen MR) is 77.7 cm³/mol. The van der Waals surface area contributed by atoms with E-state index in [2.05, 4.69) is 10.1 Å². The van der Waals surface area contributed by atoms with Crippen LogP contribution in [0.5, 0.6) is 5.75 Å². The second-order valence-corrected chi connectivity index (χ2v) is 5.53. The maximum Gasteiger partial charge on any atom is 0.573 e. The fourth-order valence-corrected chi connectivity index (χ4v) is 3.17. The Balaban J connectivity index is 2.33. The van der Waals surface area contributed by atoms with Crippen LogP contribution in [0.3, 0.4) is 0 Å². The van der Waals surface area contributed by atoms with E-state index in [-0.39, 0.29) is 11.8 Å². The molecule has 1 heterocycles. The van der Waals surface area contributed by atoms with Gasteiger partial charge in [-0.05, 0) is 48.2 Å². The van der Waals surface area contributed by atoms with Crippen molar-refractivity contribution in [1.29, 1.82) is 0 Å². The van der Waals surface area contributed by atoms with Crippen molar-refractivity contribution in [2.75, 3.05) is 6.54 Å². The summed E-state index contributed by atoms with van der Waals surface area (Å²) in [6, 6.07) is 7.98. The van der Waals surface area contributed by atoms with E-state index in [4.69, 9.17) is 0 Å². The Morgan fingerprint density at radius 2 is 2.05 bits per heavy atom. The summed E-state index contributed by atoms with van der Waals surface area (Å²) < 4.78 is 41.0. The smallest absolute Gasteiger partial charge is 0.406 e. The molecule has 0 bridgehead atoms. The fourth-order valence-electron chi connectivity index (χ4n) is 2.14. The quantitative estimate of drug-likeness (QED) is 0.867. The van der Waals surface area contributed by atoms with E-state index in [1.54, 1.807) is 23.5 Å². The third-order valence-electron chi connectivity index (χ3n) is 3.00. The maximum atomic E-state index is 12.3. The zero-order chi connectivity index (χ0) is 15.5. The van der Waals surface area contributed by atoms with Crippen LogP contribution in [0.15, 0.2) is 35.7 Å². The van der Waals surface area contributed by atoms with Crippen LogP contribution in [0.4, 0.5) is 13.2 Å². The lowest BCUT2D eigenvalue weighted by molar-refractivity contribution is -0.274. The third-order valence-corrected chi connectivity index (χ3v) is 4.08. The summed E-state index contributed by atoms with van der Waals surface area (Å²) in [7, 11) is 0. The zero-order valence-corrected chi connectivity index (χ0v) is 12.5. The Bertz CT molecular complexity index is 595. The molecular weight excluding hydrogens is 299 g/mol. The molecule has 0 amide bonds. The van der Waals surface area contributed by atoms with E-state index in [9.17, 15) is 13.2 Å². The lowest BCUT2D eigenvalue weighted by atomic mass is 10.0. The first-order chi connectivity index (χ1) is 9.90. The van der Waals surface area contributed by atoms with Crippen molar-refractivity contribution in [3.63, 3.8) is 0 Å². The number of nitrogens with one attached hydrogen (secondary N) is 1. The van der Waals surface area contributed by atoms with Crippen LogP contribution in [0.1, 0.15) is 29.0 Å². The molecule has 1 unspecified atom stereocenters. The van der Waals surface area contributed by atoms with Crippen LogP contribution in [0.2, 0.25) is 0 Å². The van der Waals surface area contributed by atoms with Crippen LogP contribution in [0, 0.1) is 6.92 Å². The Kier molecular flexibility index (Phi) is 4.90. The summed E-state index contributed by atoms with van der Waals surface area (Å²) in [5.74, 6) is -0.197. The molecule has 2 rings (SSSR count). The SMILES string of the molecule is CCNC(c1cccc(OC(F)(F)F)c1)c1sccc1C. The number of thiophene rings is 1. The van der Waals surface area contributed by atoms with Crippen LogP contribution >= 0.6 is 11.3 Å². The van der Waals surface area contributed by atoms with Crippen molar-refractivity contribution in [3.05, 3.63) is 51.7 Å². The van der Waals surface area contributed by atoms with E-state index in [1.165, 1.54) is 12.1 Å². The Morgan fingerprint density at radius 1 is 1.29 bits per heavy atom. The first-order valence-corrected chi connectivity index (χ1v) is 7.41. The van der Waals surface area contributed by atoms with Gasteiger partial charge in [0.25, 0.3) is 0 Å². The van der Waals surface area contributed by atoms with Crippen molar-refractivity contribution in [1.82, 2.24) is 5.32 Å². The molecule has 2 aromatic rings. The Hall–Kier alpha value is -1.53. The number of rotatable bonds is 5. The van der Waals surface area contributed by atoms with Gasteiger partial charge in [-0.15, -0.1) is 24.5 Å². The minimum Gasteiger partial charge on any atom is -0.406 e. The predicted octanol–water partition coefficient (Wildman–Crippen LogP) is 4.65. The molecule has 1 aromatic heterocycles. The second kappa shape index (κ2) is 6.49. The Labute approximate surface area is 125 Å². The largest absolute Gasteiger partial charge is 0.573 e. The maximum absolute atomic E-state index is 12.3. The summed E-state index contributed by atoms with van der Waals surface area (Å²) in [4.78, 5) is 1.10. The van der Waals surface area contributed by atoms with Crippen molar-refractivity contribution < 1.29 is 17.9 Å². The lowest BCUT2D eigenvalue weighted by Gasteiger charge is -2.19. The standard InChI is InChI=1S/C15H16F3NOS/c1-3-19-13(14-10(2)7-8-21-14)11-5-4-6-12(9-11)20-15(16,17)18/h4-9,13,19H,3H2,1-2H3. The number of ether oxygens (including phenoxy) is 1. The van der Waals surface area contributed by atoms with Crippen LogP contribution in [0.25, 0.3) is 0 Å². The van der Waals surface area contributed by atoms with E-state index in [0.717, 1.165) is 16.0 Å². The van der Waals surface area contributed by atoms with E-state index in [0.29, 0.717) is 6.54 Å². The molecule has 0 aliphatic heterocycles. The van der Waals surface area contributed by atoms with Gasteiger partial charge >= 0.3 is 6.36 Å². The molecule has 0 saturated heterocycles. The van der Waals surface area contributed by atoms with Gasteiger partial charge in [-0.25, -0.2) is 0 Å².